The van der Waals surface area contributed by atoms with E-state index in [1.807, 2.05) is 0 Å². The van der Waals surface area contributed by atoms with E-state index in [1.165, 1.54) is 0 Å². The third kappa shape index (κ3) is 3.44. The quantitative estimate of drug-likeness (QED) is 0.853. The maximum Gasteiger partial charge on any atom is 0.304 e. The first-order valence-corrected chi connectivity index (χ1v) is 6.63. The molecule has 1 aliphatic heterocycles. The summed E-state index contributed by atoms with van der Waals surface area (Å²) < 4.78 is 4.91. The van der Waals surface area contributed by atoms with E-state index in [9.17, 15) is 4.79 Å². The van der Waals surface area contributed by atoms with Gasteiger partial charge in [-0.1, -0.05) is 5.16 Å². The molecule has 17 heavy (non-hydrogen) atoms. The number of carboxylic acids is 1. The molecule has 0 aromatic carbocycles. The van der Waals surface area contributed by atoms with Crippen molar-refractivity contribution in [3.05, 3.63) is 11.7 Å². The number of carboxylic acid groups (broad SMARTS) is 1. The fourth-order valence-corrected chi connectivity index (χ4v) is 3.01. The Bertz CT molecular complexity index is 396. The normalized spacial score (nSPS) is 21.6. The molecule has 1 fully saturated rings. The monoisotopic (exact) mass is 257 g/mol. The zero-order chi connectivity index (χ0) is 12.3. The molecule has 1 unspecified atom stereocenters. The largest absolute Gasteiger partial charge is 0.481 e. The summed E-state index contributed by atoms with van der Waals surface area (Å²) >= 11 is 1.80. The van der Waals surface area contributed by atoms with Crippen LogP contribution in [0.4, 0.5) is 0 Å². The summed E-state index contributed by atoms with van der Waals surface area (Å²) in [5.74, 6) is 2.29. The fraction of sp³-hybridized carbons (Fsp3) is 0.700. The van der Waals surface area contributed by atoms with E-state index in [4.69, 9.17) is 9.63 Å². The molecule has 1 aromatic heterocycles. The molecule has 2 heterocycles. The molecule has 1 aromatic rings. The van der Waals surface area contributed by atoms with Gasteiger partial charge in [-0.15, -0.1) is 0 Å². The molecule has 0 saturated carbocycles. The molecule has 0 bridgehead atoms. The lowest BCUT2D eigenvalue weighted by atomic mass is 10.2. The molecular formula is C10H15N3O3S. The van der Waals surface area contributed by atoms with Gasteiger partial charge in [0.2, 0.25) is 5.89 Å². The van der Waals surface area contributed by atoms with Gasteiger partial charge in [0.1, 0.15) is 0 Å². The molecule has 1 aliphatic rings. The van der Waals surface area contributed by atoms with E-state index in [-0.39, 0.29) is 12.5 Å². The SMILES string of the molecule is Cc1nc(CN2CCSCC2CC(=O)O)no1. The average molecular weight is 257 g/mol. The molecule has 1 saturated heterocycles. The number of carbonyl (C=O) groups is 1. The Labute approximate surface area is 103 Å². The number of hydrogen-bond acceptors (Lipinski definition) is 6. The van der Waals surface area contributed by atoms with Crippen molar-refractivity contribution in [1.82, 2.24) is 15.0 Å². The van der Waals surface area contributed by atoms with Gasteiger partial charge in [-0.3, -0.25) is 9.69 Å². The highest BCUT2D eigenvalue weighted by molar-refractivity contribution is 7.99. The lowest BCUT2D eigenvalue weighted by Crippen LogP contribution is -2.43. The van der Waals surface area contributed by atoms with Crippen molar-refractivity contribution in [1.29, 1.82) is 0 Å². The van der Waals surface area contributed by atoms with Crippen molar-refractivity contribution >= 4 is 17.7 Å². The number of nitrogens with zero attached hydrogens (tertiary/aromatic N) is 3. The molecule has 6 nitrogen and oxygen atoms in total. The van der Waals surface area contributed by atoms with Crippen LogP contribution in [-0.4, -0.2) is 50.2 Å². The Kier molecular flexibility index (Phi) is 4.01. The van der Waals surface area contributed by atoms with Gasteiger partial charge >= 0.3 is 5.97 Å². The van der Waals surface area contributed by atoms with Gasteiger partial charge in [0.25, 0.3) is 0 Å². The topological polar surface area (TPSA) is 79.5 Å². The van der Waals surface area contributed by atoms with E-state index in [1.54, 1.807) is 18.7 Å². The van der Waals surface area contributed by atoms with Gasteiger partial charge in [-0.05, 0) is 0 Å². The van der Waals surface area contributed by atoms with Crippen LogP contribution in [0.15, 0.2) is 4.52 Å². The summed E-state index contributed by atoms with van der Waals surface area (Å²) in [6.07, 6.45) is 0.170. The number of rotatable bonds is 4. The van der Waals surface area contributed by atoms with Crippen molar-refractivity contribution in [2.45, 2.75) is 25.9 Å². The van der Waals surface area contributed by atoms with Gasteiger partial charge in [-0.25, -0.2) is 0 Å². The average Bonchev–Trinajstić information content (AvgIpc) is 2.66. The van der Waals surface area contributed by atoms with Crippen LogP contribution >= 0.6 is 11.8 Å². The minimum atomic E-state index is -0.758. The maximum atomic E-state index is 10.8. The molecule has 0 aliphatic carbocycles. The lowest BCUT2D eigenvalue weighted by molar-refractivity contribution is -0.138. The highest BCUT2D eigenvalue weighted by Crippen LogP contribution is 2.20. The van der Waals surface area contributed by atoms with Gasteiger partial charge in [0, 0.05) is 31.0 Å². The molecule has 1 atom stereocenters. The highest BCUT2D eigenvalue weighted by atomic mass is 32.2. The van der Waals surface area contributed by atoms with Crippen LogP contribution in [0.1, 0.15) is 18.1 Å². The molecule has 2 rings (SSSR count). The third-order valence-corrected chi connectivity index (χ3v) is 3.77. The Morgan fingerprint density at radius 3 is 3.18 bits per heavy atom. The fourth-order valence-electron chi connectivity index (χ4n) is 1.87. The van der Waals surface area contributed by atoms with E-state index in [0.29, 0.717) is 18.3 Å². The van der Waals surface area contributed by atoms with Crippen molar-refractivity contribution in [3.8, 4) is 0 Å². The predicted molar refractivity (Wildman–Crippen MR) is 62.8 cm³/mol. The molecular weight excluding hydrogens is 242 g/mol. The third-order valence-electron chi connectivity index (χ3n) is 2.67. The minimum Gasteiger partial charge on any atom is -0.481 e. The highest BCUT2D eigenvalue weighted by Gasteiger charge is 2.26. The zero-order valence-electron chi connectivity index (χ0n) is 9.63. The lowest BCUT2D eigenvalue weighted by Gasteiger charge is -2.33. The first kappa shape index (κ1) is 12.4. The van der Waals surface area contributed by atoms with E-state index in [2.05, 4.69) is 15.0 Å². The summed E-state index contributed by atoms with van der Waals surface area (Å²) in [7, 11) is 0. The van der Waals surface area contributed by atoms with Crippen LogP contribution in [-0.2, 0) is 11.3 Å². The Morgan fingerprint density at radius 1 is 1.71 bits per heavy atom. The number of aliphatic carboxylic acids is 1. The summed E-state index contributed by atoms with van der Waals surface area (Å²) in [4.78, 5) is 17.0. The Balaban J connectivity index is 1.98. The summed E-state index contributed by atoms with van der Waals surface area (Å²) in [5, 5.41) is 12.7. The summed E-state index contributed by atoms with van der Waals surface area (Å²) in [6, 6.07) is 0.0602. The van der Waals surface area contributed by atoms with Crippen LogP contribution < -0.4 is 0 Å². The van der Waals surface area contributed by atoms with E-state index in [0.717, 1.165) is 18.1 Å². The maximum absolute atomic E-state index is 10.8. The van der Waals surface area contributed by atoms with Gasteiger partial charge in [0.05, 0.1) is 13.0 Å². The number of hydrogen-bond donors (Lipinski definition) is 1. The second kappa shape index (κ2) is 5.50. The number of aryl methyl sites for hydroxylation is 1. The van der Waals surface area contributed by atoms with Crippen molar-refractivity contribution in [2.75, 3.05) is 18.1 Å². The Hall–Kier alpha value is -1.08. The molecule has 0 radical (unpaired) electrons. The van der Waals surface area contributed by atoms with Crippen LogP contribution in [0.25, 0.3) is 0 Å². The van der Waals surface area contributed by atoms with E-state index >= 15 is 0 Å². The smallest absolute Gasteiger partial charge is 0.304 e. The Morgan fingerprint density at radius 2 is 2.53 bits per heavy atom. The van der Waals surface area contributed by atoms with Crippen LogP contribution in [0.3, 0.4) is 0 Å². The molecule has 1 N–H and O–H groups in total. The van der Waals surface area contributed by atoms with Gasteiger partial charge in [0.15, 0.2) is 5.82 Å². The number of aromatic nitrogens is 2. The standard InChI is InChI=1S/C10H15N3O3S/c1-7-11-9(12-16-7)5-13-2-3-17-6-8(13)4-10(14)15/h8H,2-6H2,1H3,(H,14,15). The van der Waals surface area contributed by atoms with Gasteiger partial charge < -0.3 is 9.63 Å². The summed E-state index contributed by atoms with van der Waals surface area (Å²) in [5.41, 5.74) is 0. The predicted octanol–water partition coefficient (Wildman–Crippen LogP) is 0.770. The molecule has 0 spiro atoms. The van der Waals surface area contributed by atoms with Gasteiger partial charge in [-0.2, -0.15) is 16.7 Å². The van der Waals surface area contributed by atoms with Crippen LogP contribution in [0.2, 0.25) is 0 Å². The van der Waals surface area contributed by atoms with E-state index < -0.39 is 5.97 Å². The van der Waals surface area contributed by atoms with Crippen molar-refractivity contribution in [3.63, 3.8) is 0 Å². The molecule has 0 amide bonds. The number of thioether (sulfide) groups is 1. The van der Waals surface area contributed by atoms with Crippen molar-refractivity contribution < 1.29 is 14.4 Å². The summed E-state index contributed by atoms with van der Waals surface area (Å²) in [6.45, 7) is 3.18. The van der Waals surface area contributed by atoms with Crippen LogP contribution in [0, 0.1) is 6.92 Å². The second-order valence-electron chi connectivity index (χ2n) is 4.03. The second-order valence-corrected chi connectivity index (χ2v) is 5.18. The zero-order valence-corrected chi connectivity index (χ0v) is 10.4. The molecule has 94 valence electrons. The van der Waals surface area contributed by atoms with Crippen LogP contribution in [0.5, 0.6) is 0 Å². The molecule has 7 heteroatoms. The minimum absolute atomic E-state index is 0.0602. The first-order valence-electron chi connectivity index (χ1n) is 5.48. The first-order chi connectivity index (χ1) is 8.15. The van der Waals surface area contributed by atoms with Crippen molar-refractivity contribution in [2.24, 2.45) is 0 Å².